The summed E-state index contributed by atoms with van der Waals surface area (Å²) in [6.45, 7) is 0.732. The second-order valence-electron chi connectivity index (χ2n) is 4.95. The van der Waals surface area contributed by atoms with Crippen LogP contribution in [0.3, 0.4) is 0 Å². The zero-order chi connectivity index (χ0) is 14.8. The summed E-state index contributed by atoms with van der Waals surface area (Å²) in [5, 5.41) is 5.84. The fourth-order valence-corrected chi connectivity index (χ4v) is 2.90. The lowest BCUT2D eigenvalue weighted by molar-refractivity contribution is -0.118. The minimum Gasteiger partial charge on any atom is -0.322 e. The Kier molecular flexibility index (Phi) is 4.03. The Labute approximate surface area is 130 Å². The van der Waals surface area contributed by atoms with Gasteiger partial charge in [0.15, 0.2) is 0 Å². The largest absolute Gasteiger partial charge is 0.322 e. The maximum absolute atomic E-state index is 13.7. The number of amides is 1. The molecule has 2 N–H and O–H groups in total. The molecule has 1 amide bonds. The van der Waals surface area contributed by atoms with Crippen molar-refractivity contribution in [3.63, 3.8) is 0 Å². The molecule has 5 heteroatoms. The third-order valence-corrected chi connectivity index (χ3v) is 4.05. The first-order valence-corrected chi connectivity index (χ1v) is 7.51. The fraction of sp³-hybridized carbons (Fsp3) is 0.188. The van der Waals surface area contributed by atoms with Crippen molar-refractivity contribution in [3.8, 4) is 0 Å². The first-order chi connectivity index (χ1) is 10.1. The third kappa shape index (κ3) is 2.99. The summed E-state index contributed by atoms with van der Waals surface area (Å²) < 4.78 is 14.5. The highest BCUT2D eigenvalue weighted by Gasteiger charge is 2.26. The normalized spacial score (nSPS) is 17.1. The summed E-state index contributed by atoms with van der Waals surface area (Å²) >= 11 is 3.27. The number of rotatable bonds is 2. The van der Waals surface area contributed by atoms with Crippen LogP contribution in [-0.2, 0) is 11.2 Å². The molecule has 1 aliphatic rings. The summed E-state index contributed by atoms with van der Waals surface area (Å²) in [4.78, 5) is 12.4. The van der Waals surface area contributed by atoms with Gasteiger partial charge in [0.05, 0.1) is 5.69 Å². The van der Waals surface area contributed by atoms with Crippen LogP contribution in [0.1, 0.15) is 17.2 Å². The summed E-state index contributed by atoms with van der Waals surface area (Å²) in [5.74, 6) is -0.699. The Bertz CT molecular complexity index is 690. The minimum absolute atomic E-state index is 0.180. The number of carbonyl (C=O) groups excluding carboxylic acids is 1. The third-order valence-electron chi connectivity index (χ3n) is 3.56. The molecular weight excluding hydrogens is 335 g/mol. The van der Waals surface area contributed by atoms with Gasteiger partial charge in [0.1, 0.15) is 11.9 Å². The van der Waals surface area contributed by atoms with Crippen LogP contribution in [0.4, 0.5) is 10.1 Å². The number of nitrogens with one attached hydrogen (secondary N) is 2. The number of hydrogen-bond donors (Lipinski definition) is 2. The van der Waals surface area contributed by atoms with E-state index in [1.807, 2.05) is 24.3 Å². The van der Waals surface area contributed by atoms with E-state index in [4.69, 9.17) is 0 Å². The Hall–Kier alpha value is -1.72. The van der Waals surface area contributed by atoms with Crippen molar-refractivity contribution in [2.24, 2.45) is 0 Å². The second kappa shape index (κ2) is 5.95. The average molecular weight is 349 g/mol. The van der Waals surface area contributed by atoms with Crippen LogP contribution in [-0.4, -0.2) is 12.5 Å². The van der Waals surface area contributed by atoms with Crippen LogP contribution < -0.4 is 10.6 Å². The van der Waals surface area contributed by atoms with E-state index in [0.29, 0.717) is 0 Å². The van der Waals surface area contributed by atoms with Crippen molar-refractivity contribution in [1.29, 1.82) is 0 Å². The van der Waals surface area contributed by atoms with Crippen LogP contribution in [0.5, 0.6) is 0 Å². The Morgan fingerprint density at radius 2 is 2.10 bits per heavy atom. The highest BCUT2D eigenvalue weighted by atomic mass is 79.9. The number of fused-ring (bicyclic) bond motifs is 1. The molecule has 0 saturated carbocycles. The molecule has 1 unspecified atom stereocenters. The van der Waals surface area contributed by atoms with E-state index in [1.54, 1.807) is 12.1 Å². The van der Waals surface area contributed by atoms with Gasteiger partial charge in [0, 0.05) is 11.0 Å². The maximum atomic E-state index is 13.7. The van der Waals surface area contributed by atoms with E-state index >= 15 is 0 Å². The molecule has 3 rings (SSSR count). The molecule has 0 aliphatic carbocycles. The van der Waals surface area contributed by atoms with E-state index in [9.17, 15) is 9.18 Å². The molecule has 0 bridgehead atoms. The molecule has 2 aromatic carbocycles. The number of benzene rings is 2. The van der Waals surface area contributed by atoms with Crippen molar-refractivity contribution in [2.75, 3.05) is 11.9 Å². The highest BCUT2D eigenvalue weighted by molar-refractivity contribution is 9.10. The van der Waals surface area contributed by atoms with Gasteiger partial charge in [-0.15, -0.1) is 0 Å². The predicted octanol–water partition coefficient (Wildman–Crippen LogP) is 3.41. The molecule has 0 radical (unpaired) electrons. The molecule has 3 nitrogen and oxygen atoms in total. The highest BCUT2D eigenvalue weighted by Crippen LogP contribution is 2.25. The van der Waals surface area contributed by atoms with Crippen molar-refractivity contribution in [3.05, 3.63) is 63.9 Å². The average Bonchev–Trinajstić information content (AvgIpc) is 2.50. The molecule has 1 atom stereocenters. The minimum atomic E-state index is -0.451. The zero-order valence-electron chi connectivity index (χ0n) is 11.2. The smallest absolute Gasteiger partial charge is 0.246 e. The summed E-state index contributed by atoms with van der Waals surface area (Å²) in [6.07, 6.45) is 0.894. The first kappa shape index (κ1) is 14.2. The predicted molar refractivity (Wildman–Crippen MR) is 83.6 cm³/mol. The van der Waals surface area contributed by atoms with Gasteiger partial charge in [0.25, 0.3) is 0 Å². The van der Waals surface area contributed by atoms with Gasteiger partial charge in [-0.3, -0.25) is 4.79 Å². The summed E-state index contributed by atoms with van der Waals surface area (Å²) in [7, 11) is 0. The van der Waals surface area contributed by atoms with Crippen LogP contribution in [0.2, 0.25) is 0 Å². The maximum Gasteiger partial charge on any atom is 0.246 e. The zero-order valence-corrected chi connectivity index (χ0v) is 12.8. The van der Waals surface area contributed by atoms with Crippen molar-refractivity contribution in [2.45, 2.75) is 12.5 Å². The Morgan fingerprint density at radius 1 is 1.29 bits per heavy atom. The Balaban J connectivity index is 1.85. The summed E-state index contributed by atoms with van der Waals surface area (Å²) in [6, 6.07) is 11.9. The van der Waals surface area contributed by atoms with Gasteiger partial charge in [-0.2, -0.15) is 0 Å². The van der Waals surface area contributed by atoms with E-state index < -0.39 is 11.9 Å². The van der Waals surface area contributed by atoms with E-state index in [-0.39, 0.29) is 11.6 Å². The van der Waals surface area contributed by atoms with Crippen molar-refractivity contribution in [1.82, 2.24) is 5.32 Å². The molecular formula is C16H14BrFN2O. The van der Waals surface area contributed by atoms with Gasteiger partial charge in [0.2, 0.25) is 5.91 Å². The van der Waals surface area contributed by atoms with Gasteiger partial charge < -0.3 is 10.6 Å². The molecule has 0 fully saturated rings. The molecule has 0 saturated heterocycles. The molecule has 0 spiro atoms. The van der Waals surface area contributed by atoms with Crippen molar-refractivity contribution < 1.29 is 9.18 Å². The Morgan fingerprint density at radius 3 is 2.95 bits per heavy atom. The van der Waals surface area contributed by atoms with Crippen LogP contribution in [0, 0.1) is 5.82 Å². The molecule has 108 valence electrons. The van der Waals surface area contributed by atoms with E-state index in [1.165, 1.54) is 6.07 Å². The number of anilines is 1. The van der Waals surface area contributed by atoms with Gasteiger partial charge in [-0.1, -0.05) is 40.2 Å². The molecule has 0 aromatic heterocycles. The standard InChI is InChI=1S/C16H14BrFN2O/c17-11-5-6-13(18)14(9-11)20-16(21)15-12-4-2-1-3-10(12)7-8-19-15/h1-6,9,15,19H,7-8H2,(H,20,21). The SMILES string of the molecule is O=C(Nc1cc(Br)ccc1F)C1NCCc2ccccc21. The van der Waals surface area contributed by atoms with E-state index in [0.717, 1.165) is 28.6 Å². The van der Waals surface area contributed by atoms with Crippen LogP contribution >= 0.6 is 15.9 Å². The van der Waals surface area contributed by atoms with Gasteiger partial charge in [-0.25, -0.2) is 4.39 Å². The molecule has 21 heavy (non-hydrogen) atoms. The fourth-order valence-electron chi connectivity index (χ4n) is 2.54. The van der Waals surface area contributed by atoms with Crippen LogP contribution in [0.15, 0.2) is 46.9 Å². The van der Waals surface area contributed by atoms with Gasteiger partial charge >= 0.3 is 0 Å². The molecule has 1 heterocycles. The lowest BCUT2D eigenvalue weighted by Crippen LogP contribution is -2.38. The van der Waals surface area contributed by atoms with Crippen LogP contribution in [0.25, 0.3) is 0 Å². The lowest BCUT2D eigenvalue weighted by atomic mass is 9.94. The first-order valence-electron chi connectivity index (χ1n) is 6.72. The van der Waals surface area contributed by atoms with E-state index in [2.05, 4.69) is 26.6 Å². The molecule has 2 aromatic rings. The molecule has 1 aliphatic heterocycles. The van der Waals surface area contributed by atoms with Gasteiger partial charge in [-0.05, 0) is 35.7 Å². The topological polar surface area (TPSA) is 41.1 Å². The summed E-state index contributed by atoms with van der Waals surface area (Å²) in [5.41, 5.74) is 2.29. The number of halogens is 2. The lowest BCUT2D eigenvalue weighted by Gasteiger charge is -2.26. The number of carbonyl (C=O) groups is 1. The van der Waals surface area contributed by atoms with Crippen molar-refractivity contribution >= 4 is 27.5 Å². The second-order valence-corrected chi connectivity index (χ2v) is 5.87. The monoisotopic (exact) mass is 348 g/mol. The number of hydrogen-bond acceptors (Lipinski definition) is 2. The quantitative estimate of drug-likeness (QED) is 0.873.